The Morgan fingerprint density at radius 2 is 1.79 bits per heavy atom. The van der Waals surface area contributed by atoms with Gasteiger partial charge in [-0.05, 0) is 55.4 Å². The fraction of sp³-hybridized carbons (Fsp3) is 0.423. The van der Waals surface area contributed by atoms with Crippen molar-refractivity contribution >= 4 is 35.2 Å². The van der Waals surface area contributed by atoms with Crippen LogP contribution in [0.5, 0.6) is 0 Å². The molecule has 2 saturated carbocycles. The molecule has 0 unspecified atom stereocenters. The van der Waals surface area contributed by atoms with Crippen molar-refractivity contribution in [1.29, 1.82) is 5.26 Å². The predicted molar refractivity (Wildman–Crippen MR) is 130 cm³/mol. The first kappa shape index (κ1) is 22.3. The Hall–Kier alpha value is -2.49. The predicted octanol–water partition coefficient (Wildman–Crippen LogP) is 4.45. The lowest BCUT2D eigenvalue weighted by Gasteiger charge is -2.29. The lowest BCUT2D eigenvalue weighted by molar-refractivity contribution is -0.140. The standard InChI is InChI=1S/C26H26ClN3O2S/c27-20-8-6-19(7-9-20)26(12-13-26)24(32)30-15-21(33-16-18-4-2-1-3-5-18)14-22(30)23(31)29-25(17-28)10-11-25/h1-9,21-22H,10-16H2,(H,29,31)/t21-,22+/m1/s1. The van der Waals surface area contributed by atoms with E-state index >= 15 is 0 Å². The van der Waals surface area contributed by atoms with Crippen LogP contribution < -0.4 is 5.32 Å². The summed E-state index contributed by atoms with van der Waals surface area (Å²) in [5.41, 5.74) is 0.894. The third kappa shape index (κ3) is 4.49. The fourth-order valence-corrected chi connectivity index (χ4v) is 6.01. The van der Waals surface area contributed by atoms with Gasteiger partial charge in [-0.25, -0.2) is 0 Å². The maximum atomic E-state index is 13.8. The number of carbonyl (C=O) groups excluding carboxylic acids is 2. The van der Waals surface area contributed by atoms with Crippen LogP contribution in [0.25, 0.3) is 0 Å². The monoisotopic (exact) mass is 479 g/mol. The molecule has 2 atom stereocenters. The van der Waals surface area contributed by atoms with Crippen LogP contribution >= 0.6 is 23.4 Å². The Labute approximate surface area is 203 Å². The van der Waals surface area contributed by atoms with Gasteiger partial charge in [0.05, 0.1) is 11.5 Å². The van der Waals surface area contributed by atoms with E-state index in [1.54, 1.807) is 16.7 Å². The van der Waals surface area contributed by atoms with Crippen LogP contribution in [0.1, 0.15) is 43.2 Å². The van der Waals surface area contributed by atoms with Gasteiger partial charge in [0.1, 0.15) is 11.6 Å². The van der Waals surface area contributed by atoms with E-state index in [-0.39, 0.29) is 17.1 Å². The molecule has 5 nitrogen and oxygen atoms in total. The van der Waals surface area contributed by atoms with E-state index in [9.17, 15) is 14.9 Å². The zero-order valence-corrected chi connectivity index (χ0v) is 19.9. The Bertz CT molecular complexity index is 1090. The molecule has 0 bridgehead atoms. The van der Waals surface area contributed by atoms with Gasteiger partial charge in [-0.1, -0.05) is 54.1 Å². The summed E-state index contributed by atoms with van der Waals surface area (Å²) < 4.78 is 0. The first-order valence-electron chi connectivity index (χ1n) is 11.4. The van der Waals surface area contributed by atoms with Crippen LogP contribution in [0.3, 0.4) is 0 Å². The second-order valence-electron chi connectivity index (χ2n) is 9.40. The lowest BCUT2D eigenvalue weighted by Crippen LogP contribution is -2.51. The SMILES string of the molecule is N#CC1(NC(=O)[C@@H]2C[C@@H](SCc3ccccc3)CN2C(=O)C2(c3ccc(Cl)cc3)CC2)CC1. The van der Waals surface area contributed by atoms with E-state index in [1.165, 1.54) is 5.56 Å². The zero-order chi connectivity index (χ0) is 23.1. The van der Waals surface area contributed by atoms with Crippen molar-refractivity contribution in [3.05, 3.63) is 70.7 Å². The highest BCUT2D eigenvalue weighted by Crippen LogP contribution is 2.51. The van der Waals surface area contributed by atoms with E-state index in [4.69, 9.17) is 11.6 Å². The Kier molecular flexibility index (Phi) is 5.88. The number of likely N-dealkylation sites (tertiary alicyclic amines) is 1. The summed E-state index contributed by atoms with van der Waals surface area (Å²) in [6, 6.07) is 19.4. The van der Waals surface area contributed by atoms with Gasteiger partial charge in [-0.15, -0.1) is 0 Å². The van der Waals surface area contributed by atoms with Crippen LogP contribution in [0.2, 0.25) is 5.02 Å². The van der Waals surface area contributed by atoms with Crippen LogP contribution in [0.4, 0.5) is 0 Å². The fourth-order valence-electron chi connectivity index (χ4n) is 4.68. The van der Waals surface area contributed by atoms with Gasteiger partial charge < -0.3 is 10.2 Å². The number of amides is 2. The quantitative estimate of drug-likeness (QED) is 0.636. The molecule has 7 heteroatoms. The molecular weight excluding hydrogens is 454 g/mol. The van der Waals surface area contributed by atoms with Crippen molar-refractivity contribution in [1.82, 2.24) is 10.2 Å². The average Bonchev–Trinajstić information content (AvgIpc) is 3.76. The average molecular weight is 480 g/mol. The normalized spacial score (nSPS) is 24.1. The first-order chi connectivity index (χ1) is 15.9. The van der Waals surface area contributed by atoms with Crippen molar-refractivity contribution in [2.75, 3.05) is 6.54 Å². The molecule has 0 radical (unpaired) electrons. The molecule has 170 valence electrons. The molecule has 1 saturated heterocycles. The summed E-state index contributed by atoms with van der Waals surface area (Å²) in [7, 11) is 0. The number of nitrogens with zero attached hydrogens (tertiary/aromatic N) is 2. The number of benzene rings is 2. The summed E-state index contributed by atoms with van der Waals surface area (Å²) in [5, 5.41) is 13.2. The number of thioether (sulfide) groups is 1. The molecule has 0 aromatic heterocycles. The van der Waals surface area contributed by atoms with E-state index in [0.29, 0.717) is 30.8 Å². The Morgan fingerprint density at radius 3 is 2.39 bits per heavy atom. The van der Waals surface area contributed by atoms with Crippen molar-refractivity contribution in [2.45, 2.75) is 60.1 Å². The maximum Gasteiger partial charge on any atom is 0.244 e. The van der Waals surface area contributed by atoms with Crippen LogP contribution in [-0.4, -0.2) is 40.1 Å². The number of rotatable bonds is 7. The molecule has 2 aromatic rings. The maximum absolute atomic E-state index is 13.8. The summed E-state index contributed by atoms with van der Waals surface area (Å²) in [6.45, 7) is 0.545. The summed E-state index contributed by atoms with van der Waals surface area (Å²) >= 11 is 7.85. The number of nitrogens with one attached hydrogen (secondary N) is 1. The molecule has 33 heavy (non-hydrogen) atoms. The summed E-state index contributed by atoms with van der Waals surface area (Å²) in [6.07, 6.45) is 3.52. The topological polar surface area (TPSA) is 73.2 Å². The molecule has 1 aliphatic heterocycles. The van der Waals surface area contributed by atoms with E-state index < -0.39 is 17.0 Å². The molecule has 3 aliphatic rings. The molecule has 3 fully saturated rings. The highest BCUT2D eigenvalue weighted by atomic mass is 35.5. The van der Waals surface area contributed by atoms with E-state index in [2.05, 4.69) is 23.5 Å². The van der Waals surface area contributed by atoms with Crippen LogP contribution in [0, 0.1) is 11.3 Å². The zero-order valence-electron chi connectivity index (χ0n) is 18.3. The van der Waals surface area contributed by atoms with Crippen molar-refractivity contribution in [3.63, 3.8) is 0 Å². The molecule has 2 aromatic carbocycles. The van der Waals surface area contributed by atoms with Crippen molar-refractivity contribution in [2.24, 2.45) is 0 Å². The summed E-state index contributed by atoms with van der Waals surface area (Å²) in [5.74, 6) is 0.665. The van der Waals surface area contributed by atoms with Crippen LogP contribution in [0.15, 0.2) is 54.6 Å². The smallest absolute Gasteiger partial charge is 0.244 e. The molecule has 1 heterocycles. The second-order valence-corrected chi connectivity index (χ2v) is 11.1. The minimum atomic E-state index is -0.742. The van der Waals surface area contributed by atoms with Crippen LogP contribution in [-0.2, 0) is 20.8 Å². The first-order valence-corrected chi connectivity index (χ1v) is 12.8. The highest BCUT2D eigenvalue weighted by Gasteiger charge is 2.56. The minimum Gasteiger partial charge on any atom is -0.336 e. The summed E-state index contributed by atoms with van der Waals surface area (Å²) in [4.78, 5) is 28.9. The molecule has 5 rings (SSSR count). The second kappa shape index (κ2) is 8.70. The third-order valence-corrected chi connectivity index (χ3v) is 8.60. The molecule has 2 aliphatic carbocycles. The molecule has 1 N–H and O–H groups in total. The van der Waals surface area contributed by atoms with Gasteiger partial charge >= 0.3 is 0 Å². The van der Waals surface area contributed by atoms with Gasteiger partial charge in [0, 0.05) is 22.6 Å². The minimum absolute atomic E-state index is 0.0228. The lowest BCUT2D eigenvalue weighted by atomic mass is 9.94. The number of hydrogen-bond acceptors (Lipinski definition) is 4. The molecule has 0 spiro atoms. The number of nitriles is 1. The van der Waals surface area contributed by atoms with Gasteiger partial charge in [-0.2, -0.15) is 17.0 Å². The van der Waals surface area contributed by atoms with E-state index in [0.717, 1.165) is 24.2 Å². The van der Waals surface area contributed by atoms with E-state index in [1.807, 2.05) is 42.5 Å². The van der Waals surface area contributed by atoms with Gasteiger partial charge in [0.15, 0.2) is 0 Å². The number of halogens is 1. The largest absolute Gasteiger partial charge is 0.336 e. The number of carbonyl (C=O) groups is 2. The van der Waals surface area contributed by atoms with Gasteiger partial charge in [-0.3, -0.25) is 9.59 Å². The molecule has 2 amide bonds. The number of hydrogen-bond donors (Lipinski definition) is 1. The Morgan fingerprint density at radius 1 is 1.09 bits per heavy atom. The highest BCUT2D eigenvalue weighted by molar-refractivity contribution is 7.99. The van der Waals surface area contributed by atoms with Gasteiger partial charge in [0.2, 0.25) is 11.8 Å². The Balaban J connectivity index is 1.35. The molecular formula is C26H26ClN3O2S. The van der Waals surface area contributed by atoms with Crippen molar-refractivity contribution in [3.8, 4) is 6.07 Å². The third-order valence-electron chi connectivity index (χ3n) is 7.04. The van der Waals surface area contributed by atoms with Crippen molar-refractivity contribution < 1.29 is 9.59 Å². The van der Waals surface area contributed by atoms with Gasteiger partial charge in [0.25, 0.3) is 0 Å².